The zero-order valence-electron chi connectivity index (χ0n) is 19.2. The van der Waals surface area contributed by atoms with Gasteiger partial charge in [-0.05, 0) is 61.9 Å². The van der Waals surface area contributed by atoms with Gasteiger partial charge >= 0.3 is 0 Å². The van der Waals surface area contributed by atoms with Crippen LogP contribution in [0.2, 0.25) is 0 Å². The highest BCUT2D eigenvalue weighted by Crippen LogP contribution is 2.31. The number of anilines is 2. The van der Waals surface area contributed by atoms with E-state index in [2.05, 4.69) is 17.2 Å². The number of imidazole rings is 2. The van der Waals surface area contributed by atoms with Crippen LogP contribution in [-0.4, -0.2) is 24.1 Å². The lowest BCUT2D eigenvalue weighted by Gasteiger charge is -2.11. The number of pyridine rings is 1. The van der Waals surface area contributed by atoms with Crippen LogP contribution in [-0.2, 0) is 13.5 Å². The van der Waals surface area contributed by atoms with E-state index in [1.807, 2.05) is 30.7 Å². The van der Waals surface area contributed by atoms with Crippen LogP contribution in [0, 0.1) is 18.6 Å². The Labute approximate surface area is 195 Å². The molecule has 34 heavy (non-hydrogen) atoms. The van der Waals surface area contributed by atoms with Crippen molar-refractivity contribution in [3.05, 3.63) is 84.1 Å². The Morgan fingerprint density at radius 3 is 2.47 bits per heavy atom. The molecule has 8 heteroatoms. The standard InChI is InChI=1S/C26H24F2N6/c1-4-5-19-13-22(30-20-10-11-23(21(28)12-20)34-14-16(2)29-15-34)24-26(31-19)33(3)25(32-24)17-6-8-18(27)9-7-17/h6-15H,4-5H2,1-3H3,(H,30,31). The highest BCUT2D eigenvalue weighted by molar-refractivity contribution is 5.91. The fourth-order valence-corrected chi connectivity index (χ4v) is 4.04. The Morgan fingerprint density at radius 1 is 1.00 bits per heavy atom. The first kappa shape index (κ1) is 21.8. The Balaban J connectivity index is 1.57. The van der Waals surface area contributed by atoms with Gasteiger partial charge in [0, 0.05) is 30.2 Å². The quantitative estimate of drug-likeness (QED) is 0.334. The van der Waals surface area contributed by atoms with Crippen molar-refractivity contribution in [2.24, 2.45) is 7.05 Å². The number of rotatable bonds is 6. The second kappa shape index (κ2) is 8.70. The maximum Gasteiger partial charge on any atom is 0.162 e. The predicted octanol–water partition coefficient (Wildman–Crippen LogP) is 6.10. The maximum atomic E-state index is 14.9. The summed E-state index contributed by atoms with van der Waals surface area (Å²) < 4.78 is 31.9. The number of aromatic nitrogens is 5. The zero-order chi connectivity index (χ0) is 23.8. The van der Waals surface area contributed by atoms with Crippen molar-refractivity contribution in [1.29, 1.82) is 0 Å². The largest absolute Gasteiger partial charge is 0.354 e. The fraction of sp³-hybridized carbons (Fsp3) is 0.192. The fourth-order valence-electron chi connectivity index (χ4n) is 4.04. The normalized spacial score (nSPS) is 11.3. The molecule has 0 bridgehead atoms. The number of benzene rings is 2. The first-order valence-corrected chi connectivity index (χ1v) is 11.1. The highest BCUT2D eigenvalue weighted by Gasteiger charge is 2.17. The van der Waals surface area contributed by atoms with Crippen LogP contribution in [0.25, 0.3) is 28.2 Å². The molecule has 0 radical (unpaired) electrons. The number of fused-ring (bicyclic) bond motifs is 1. The van der Waals surface area contributed by atoms with Crippen molar-refractivity contribution < 1.29 is 8.78 Å². The van der Waals surface area contributed by atoms with Crippen LogP contribution in [0.5, 0.6) is 0 Å². The van der Waals surface area contributed by atoms with E-state index in [0.717, 1.165) is 35.5 Å². The van der Waals surface area contributed by atoms with Gasteiger partial charge in [0.1, 0.15) is 23.0 Å². The number of hydrogen-bond acceptors (Lipinski definition) is 4. The molecule has 0 unspecified atom stereocenters. The molecule has 0 aliphatic carbocycles. The third kappa shape index (κ3) is 4.03. The average molecular weight is 459 g/mol. The number of nitrogens with zero attached hydrogens (tertiary/aromatic N) is 5. The molecule has 0 spiro atoms. The molecule has 0 saturated heterocycles. The van der Waals surface area contributed by atoms with Crippen LogP contribution in [0.4, 0.5) is 20.2 Å². The van der Waals surface area contributed by atoms with E-state index in [-0.39, 0.29) is 11.6 Å². The minimum absolute atomic E-state index is 0.301. The van der Waals surface area contributed by atoms with Crippen molar-refractivity contribution in [3.8, 4) is 17.1 Å². The molecule has 172 valence electrons. The molecule has 6 nitrogen and oxygen atoms in total. The van der Waals surface area contributed by atoms with Crippen molar-refractivity contribution in [2.75, 3.05) is 5.32 Å². The molecule has 0 atom stereocenters. The summed E-state index contributed by atoms with van der Waals surface area (Å²) in [6.07, 6.45) is 5.11. The Kier molecular flexibility index (Phi) is 5.57. The lowest BCUT2D eigenvalue weighted by atomic mass is 10.2. The van der Waals surface area contributed by atoms with Crippen LogP contribution in [0.15, 0.2) is 61.1 Å². The lowest BCUT2D eigenvalue weighted by molar-refractivity contribution is 0.618. The summed E-state index contributed by atoms with van der Waals surface area (Å²) in [4.78, 5) is 13.8. The van der Waals surface area contributed by atoms with E-state index in [4.69, 9.17) is 9.97 Å². The second-order valence-corrected chi connectivity index (χ2v) is 8.30. The van der Waals surface area contributed by atoms with Gasteiger partial charge < -0.3 is 14.5 Å². The molecule has 0 aliphatic heterocycles. The van der Waals surface area contributed by atoms with Crippen LogP contribution < -0.4 is 5.32 Å². The smallest absolute Gasteiger partial charge is 0.162 e. The molecule has 1 N–H and O–H groups in total. The maximum absolute atomic E-state index is 14.9. The molecule has 0 fully saturated rings. The third-order valence-corrected chi connectivity index (χ3v) is 5.71. The van der Waals surface area contributed by atoms with Gasteiger partial charge in [0.25, 0.3) is 0 Å². The zero-order valence-corrected chi connectivity index (χ0v) is 19.2. The van der Waals surface area contributed by atoms with Gasteiger partial charge in [-0.3, -0.25) is 0 Å². The minimum atomic E-state index is -0.366. The molecule has 3 heterocycles. The topological polar surface area (TPSA) is 60.6 Å². The molecular weight excluding hydrogens is 434 g/mol. The number of hydrogen-bond donors (Lipinski definition) is 1. The number of halogens is 2. The molecule has 5 rings (SSSR count). The van der Waals surface area contributed by atoms with Crippen molar-refractivity contribution in [3.63, 3.8) is 0 Å². The SMILES string of the molecule is CCCc1cc(Nc2ccc(-n3cnc(C)c3)c(F)c2)c2nc(-c3ccc(F)cc3)n(C)c2n1. The Morgan fingerprint density at radius 2 is 1.79 bits per heavy atom. The molecule has 3 aromatic heterocycles. The first-order chi connectivity index (χ1) is 16.4. The summed E-state index contributed by atoms with van der Waals surface area (Å²) >= 11 is 0. The van der Waals surface area contributed by atoms with Gasteiger partial charge in [-0.25, -0.2) is 23.7 Å². The molecule has 0 aliphatic rings. The van der Waals surface area contributed by atoms with E-state index in [1.54, 1.807) is 35.3 Å². The van der Waals surface area contributed by atoms with E-state index in [0.29, 0.717) is 28.4 Å². The predicted molar refractivity (Wildman–Crippen MR) is 129 cm³/mol. The first-order valence-electron chi connectivity index (χ1n) is 11.1. The van der Waals surface area contributed by atoms with Crippen molar-refractivity contribution in [2.45, 2.75) is 26.7 Å². The van der Waals surface area contributed by atoms with Gasteiger partial charge in [0.15, 0.2) is 5.65 Å². The summed E-state index contributed by atoms with van der Waals surface area (Å²) in [7, 11) is 1.89. The number of aryl methyl sites for hydroxylation is 3. The number of nitrogens with one attached hydrogen (secondary N) is 1. The molecular formula is C26H24F2N6. The second-order valence-electron chi connectivity index (χ2n) is 8.30. The van der Waals surface area contributed by atoms with Gasteiger partial charge in [-0.2, -0.15) is 0 Å². The molecule has 0 amide bonds. The summed E-state index contributed by atoms with van der Waals surface area (Å²) in [5.41, 5.74) is 5.65. The average Bonchev–Trinajstić information content (AvgIpc) is 3.38. The highest BCUT2D eigenvalue weighted by atomic mass is 19.1. The van der Waals surface area contributed by atoms with Gasteiger partial charge in [-0.1, -0.05) is 13.3 Å². The minimum Gasteiger partial charge on any atom is -0.354 e. The van der Waals surface area contributed by atoms with Crippen LogP contribution in [0.3, 0.4) is 0 Å². The van der Waals surface area contributed by atoms with E-state index < -0.39 is 0 Å². The summed E-state index contributed by atoms with van der Waals surface area (Å²) in [6.45, 7) is 3.96. The molecule has 2 aromatic carbocycles. The van der Waals surface area contributed by atoms with Crippen molar-refractivity contribution in [1.82, 2.24) is 24.1 Å². The third-order valence-electron chi connectivity index (χ3n) is 5.71. The van der Waals surface area contributed by atoms with Gasteiger partial charge in [-0.15, -0.1) is 0 Å². The molecule has 0 saturated carbocycles. The van der Waals surface area contributed by atoms with Crippen LogP contribution in [0.1, 0.15) is 24.7 Å². The van der Waals surface area contributed by atoms with E-state index in [9.17, 15) is 8.78 Å². The Bertz CT molecular complexity index is 1480. The van der Waals surface area contributed by atoms with Crippen molar-refractivity contribution >= 4 is 22.5 Å². The summed E-state index contributed by atoms with van der Waals surface area (Å²) in [5, 5.41) is 3.33. The van der Waals surface area contributed by atoms with E-state index in [1.165, 1.54) is 18.2 Å². The summed E-state index contributed by atoms with van der Waals surface area (Å²) in [6, 6.07) is 13.2. The van der Waals surface area contributed by atoms with Gasteiger partial charge in [0.2, 0.25) is 0 Å². The lowest BCUT2D eigenvalue weighted by Crippen LogP contribution is -2.00. The molecule has 5 aromatic rings. The summed E-state index contributed by atoms with van der Waals surface area (Å²) in [5.74, 6) is 0.00950. The van der Waals surface area contributed by atoms with Gasteiger partial charge in [0.05, 0.1) is 23.4 Å². The van der Waals surface area contributed by atoms with E-state index >= 15 is 0 Å². The van der Waals surface area contributed by atoms with Crippen LogP contribution >= 0.6 is 0 Å². The Hall–Kier alpha value is -4.07. The monoisotopic (exact) mass is 458 g/mol.